The Hall–Kier alpha value is -1.38. The third kappa shape index (κ3) is 3.09. The summed E-state index contributed by atoms with van der Waals surface area (Å²) in [5, 5.41) is 0.743. The first-order chi connectivity index (χ1) is 8.70. The fourth-order valence-electron chi connectivity index (χ4n) is 1.97. The first kappa shape index (κ1) is 13.1. The van der Waals surface area contributed by atoms with Crippen LogP contribution in [0.5, 0.6) is 0 Å². The fraction of sp³-hybridized carbons (Fsp3) is 0.267. The Labute approximate surface area is 113 Å². The van der Waals surface area contributed by atoms with E-state index in [-0.39, 0.29) is 0 Å². The molecule has 94 valence electrons. The zero-order valence-electron chi connectivity index (χ0n) is 10.4. The molecule has 1 heterocycles. The molecule has 2 rings (SSSR count). The van der Waals surface area contributed by atoms with E-state index in [9.17, 15) is 0 Å². The summed E-state index contributed by atoms with van der Waals surface area (Å²) < 4.78 is 0. The van der Waals surface area contributed by atoms with Crippen LogP contribution in [-0.4, -0.2) is 11.5 Å². The summed E-state index contributed by atoms with van der Waals surface area (Å²) in [5.74, 6) is 0.432. The number of pyridine rings is 1. The molecule has 0 radical (unpaired) electrons. The highest BCUT2D eigenvalue weighted by molar-refractivity contribution is 6.30. The predicted molar refractivity (Wildman–Crippen MR) is 76.8 cm³/mol. The van der Waals surface area contributed by atoms with Crippen LogP contribution >= 0.6 is 11.6 Å². The molecule has 0 aliphatic heterocycles. The third-order valence-corrected chi connectivity index (χ3v) is 3.32. The summed E-state index contributed by atoms with van der Waals surface area (Å²) in [4.78, 5) is 4.31. The quantitative estimate of drug-likeness (QED) is 0.907. The van der Waals surface area contributed by atoms with Crippen molar-refractivity contribution in [3.05, 3.63) is 53.3 Å². The normalized spacial score (nSPS) is 12.4. The van der Waals surface area contributed by atoms with E-state index in [1.54, 1.807) is 0 Å². The number of rotatable bonds is 4. The lowest BCUT2D eigenvalue weighted by atomic mass is 9.96. The summed E-state index contributed by atoms with van der Waals surface area (Å²) >= 11 is 6.01. The van der Waals surface area contributed by atoms with Gasteiger partial charge in [0.05, 0.1) is 0 Å². The van der Waals surface area contributed by atoms with Crippen molar-refractivity contribution in [1.29, 1.82) is 0 Å². The SMILES string of the molecule is CC(CCN)c1cncc(-c2cccc(Cl)c2)c1. The van der Waals surface area contributed by atoms with Gasteiger partial charge in [0.1, 0.15) is 0 Å². The zero-order valence-corrected chi connectivity index (χ0v) is 11.2. The molecule has 0 amide bonds. The molecule has 1 unspecified atom stereocenters. The van der Waals surface area contributed by atoms with Crippen LogP contribution < -0.4 is 5.73 Å². The largest absolute Gasteiger partial charge is 0.330 e. The lowest BCUT2D eigenvalue weighted by Crippen LogP contribution is -2.04. The number of nitrogens with two attached hydrogens (primary N) is 1. The van der Waals surface area contributed by atoms with Crippen LogP contribution in [-0.2, 0) is 0 Å². The van der Waals surface area contributed by atoms with E-state index < -0.39 is 0 Å². The van der Waals surface area contributed by atoms with Crippen LogP contribution in [0.25, 0.3) is 11.1 Å². The van der Waals surface area contributed by atoms with Gasteiger partial charge in [0.15, 0.2) is 0 Å². The van der Waals surface area contributed by atoms with Crippen LogP contribution in [0.1, 0.15) is 24.8 Å². The summed E-state index contributed by atoms with van der Waals surface area (Å²) in [6, 6.07) is 9.99. The summed E-state index contributed by atoms with van der Waals surface area (Å²) in [6.45, 7) is 2.87. The van der Waals surface area contributed by atoms with Crippen molar-refractivity contribution in [2.24, 2.45) is 5.73 Å². The number of aromatic nitrogens is 1. The monoisotopic (exact) mass is 260 g/mol. The molecule has 2 aromatic rings. The molecule has 1 atom stereocenters. The van der Waals surface area contributed by atoms with Gasteiger partial charge in [0, 0.05) is 23.0 Å². The molecule has 0 bridgehead atoms. The minimum absolute atomic E-state index is 0.432. The van der Waals surface area contributed by atoms with Gasteiger partial charge < -0.3 is 5.73 Å². The molecule has 0 spiro atoms. The fourth-order valence-corrected chi connectivity index (χ4v) is 2.16. The van der Waals surface area contributed by atoms with Crippen LogP contribution in [0.2, 0.25) is 5.02 Å². The standard InChI is InChI=1S/C15H17ClN2/c1-11(5-6-17)13-7-14(10-18-9-13)12-3-2-4-15(16)8-12/h2-4,7-11H,5-6,17H2,1H3. The molecule has 3 heteroatoms. The lowest BCUT2D eigenvalue weighted by Gasteiger charge is -2.11. The van der Waals surface area contributed by atoms with E-state index in [0.29, 0.717) is 12.5 Å². The molecular formula is C15H17ClN2. The van der Waals surface area contributed by atoms with Gasteiger partial charge >= 0.3 is 0 Å². The molecule has 18 heavy (non-hydrogen) atoms. The van der Waals surface area contributed by atoms with Crippen LogP contribution in [0, 0.1) is 0 Å². The van der Waals surface area contributed by atoms with E-state index in [1.807, 2.05) is 36.7 Å². The smallest absolute Gasteiger partial charge is 0.0412 e. The van der Waals surface area contributed by atoms with E-state index in [2.05, 4.69) is 18.0 Å². The average Bonchev–Trinajstić information content (AvgIpc) is 2.39. The molecule has 1 aromatic carbocycles. The minimum atomic E-state index is 0.432. The highest BCUT2D eigenvalue weighted by Gasteiger charge is 2.07. The van der Waals surface area contributed by atoms with E-state index in [4.69, 9.17) is 17.3 Å². The second-order valence-corrected chi connectivity index (χ2v) is 4.93. The maximum Gasteiger partial charge on any atom is 0.0412 e. The van der Waals surface area contributed by atoms with Crippen LogP contribution in [0.4, 0.5) is 0 Å². The Morgan fingerprint density at radius 2 is 2.06 bits per heavy atom. The third-order valence-electron chi connectivity index (χ3n) is 3.09. The Morgan fingerprint density at radius 3 is 2.78 bits per heavy atom. The van der Waals surface area contributed by atoms with Gasteiger partial charge in [-0.2, -0.15) is 0 Å². The molecule has 0 aliphatic carbocycles. The number of hydrogen-bond donors (Lipinski definition) is 1. The van der Waals surface area contributed by atoms with E-state index in [1.165, 1.54) is 5.56 Å². The molecule has 2 N–H and O–H groups in total. The maximum atomic E-state index is 6.01. The first-order valence-corrected chi connectivity index (χ1v) is 6.49. The van der Waals surface area contributed by atoms with Gasteiger partial charge in [0.25, 0.3) is 0 Å². The molecule has 0 saturated heterocycles. The van der Waals surface area contributed by atoms with Gasteiger partial charge in [-0.3, -0.25) is 4.98 Å². The van der Waals surface area contributed by atoms with Gasteiger partial charge in [-0.25, -0.2) is 0 Å². The topological polar surface area (TPSA) is 38.9 Å². The molecule has 0 aliphatic rings. The summed E-state index contributed by atoms with van der Waals surface area (Å²) in [7, 11) is 0. The minimum Gasteiger partial charge on any atom is -0.330 e. The van der Waals surface area contributed by atoms with Crippen molar-refractivity contribution in [3.8, 4) is 11.1 Å². The number of nitrogens with zero attached hydrogens (tertiary/aromatic N) is 1. The first-order valence-electron chi connectivity index (χ1n) is 6.11. The molecule has 2 nitrogen and oxygen atoms in total. The Bertz CT molecular complexity index is 525. The molecule has 1 aromatic heterocycles. The highest BCUT2D eigenvalue weighted by Crippen LogP contribution is 2.26. The van der Waals surface area contributed by atoms with Crippen LogP contribution in [0.15, 0.2) is 42.7 Å². The number of halogens is 1. The summed E-state index contributed by atoms with van der Waals surface area (Å²) in [5.41, 5.74) is 9.01. The number of benzene rings is 1. The van der Waals surface area contributed by atoms with Crippen LogP contribution in [0.3, 0.4) is 0 Å². The lowest BCUT2D eigenvalue weighted by molar-refractivity contribution is 0.687. The molecular weight excluding hydrogens is 244 g/mol. The Kier molecular flexibility index (Phi) is 4.34. The van der Waals surface area contributed by atoms with Crippen molar-refractivity contribution >= 4 is 11.6 Å². The van der Waals surface area contributed by atoms with E-state index >= 15 is 0 Å². The van der Waals surface area contributed by atoms with Gasteiger partial charge in [0.2, 0.25) is 0 Å². The van der Waals surface area contributed by atoms with E-state index in [0.717, 1.165) is 22.6 Å². The average molecular weight is 261 g/mol. The second kappa shape index (κ2) is 5.98. The van der Waals surface area contributed by atoms with Gasteiger partial charge in [-0.1, -0.05) is 30.7 Å². The van der Waals surface area contributed by atoms with Crippen molar-refractivity contribution in [1.82, 2.24) is 4.98 Å². The molecule has 0 fully saturated rings. The highest BCUT2D eigenvalue weighted by atomic mass is 35.5. The number of hydrogen-bond acceptors (Lipinski definition) is 2. The molecule has 0 saturated carbocycles. The van der Waals surface area contributed by atoms with Gasteiger partial charge in [-0.15, -0.1) is 0 Å². The van der Waals surface area contributed by atoms with Crippen molar-refractivity contribution in [2.75, 3.05) is 6.54 Å². The zero-order chi connectivity index (χ0) is 13.0. The Morgan fingerprint density at radius 1 is 1.22 bits per heavy atom. The van der Waals surface area contributed by atoms with Crippen molar-refractivity contribution in [3.63, 3.8) is 0 Å². The van der Waals surface area contributed by atoms with Gasteiger partial charge in [-0.05, 0) is 48.2 Å². The predicted octanol–water partition coefficient (Wildman–Crippen LogP) is 3.85. The second-order valence-electron chi connectivity index (χ2n) is 4.50. The van der Waals surface area contributed by atoms with Crippen molar-refractivity contribution < 1.29 is 0 Å². The van der Waals surface area contributed by atoms with Crippen molar-refractivity contribution in [2.45, 2.75) is 19.3 Å². The Balaban J connectivity index is 2.32. The maximum absolute atomic E-state index is 6.01. The summed E-state index contributed by atoms with van der Waals surface area (Å²) in [6.07, 6.45) is 4.75.